The number of ether oxygens (including phenoxy) is 2. The molecule has 1 unspecified atom stereocenters. The molecule has 0 amide bonds. The van der Waals surface area contributed by atoms with Crippen molar-refractivity contribution in [2.24, 2.45) is 5.92 Å². The van der Waals surface area contributed by atoms with Crippen molar-refractivity contribution in [1.82, 2.24) is 4.90 Å². The van der Waals surface area contributed by atoms with Crippen LogP contribution in [0.5, 0.6) is 0 Å². The molecule has 0 saturated carbocycles. The normalized spacial score (nSPS) is 13.2. The Labute approximate surface area is 305 Å². The van der Waals surface area contributed by atoms with E-state index in [1.54, 1.807) is 7.11 Å². The van der Waals surface area contributed by atoms with Crippen molar-refractivity contribution >= 4 is 0 Å². The fourth-order valence-corrected chi connectivity index (χ4v) is 7.28. The zero-order valence-electron chi connectivity index (χ0n) is 34.9. The maximum absolute atomic E-state index is 6.29. The molecule has 0 aliphatic rings. The third-order valence-electron chi connectivity index (χ3n) is 11.1. The molecular weight excluding hydrogens is 587 g/mol. The molecule has 0 radical (unpaired) electrons. The molecule has 3 heteroatoms. The van der Waals surface area contributed by atoms with E-state index in [-0.39, 0.29) is 11.2 Å². The summed E-state index contributed by atoms with van der Waals surface area (Å²) in [6.45, 7) is 16.7. The minimum Gasteiger partial charge on any atom is -0.379 e. The summed E-state index contributed by atoms with van der Waals surface area (Å²) in [5.74, 6) is 0.871. The van der Waals surface area contributed by atoms with Gasteiger partial charge in [-0.05, 0) is 79.3 Å². The summed E-state index contributed by atoms with van der Waals surface area (Å²) in [4.78, 5) is 2.64. The Kier molecular flexibility index (Phi) is 33.9. The van der Waals surface area contributed by atoms with Crippen LogP contribution in [0, 0.1) is 5.92 Å². The average Bonchev–Trinajstić information content (AvgIpc) is 3.04. The van der Waals surface area contributed by atoms with Gasteiger partial charge in [-0.2, -0.15) is 0 Å². The highest BCUT2D eigenvalue weighted by molar-refractivity contribution is 4.73. The van der Waals surface area contributed by atoms with E-state index in [4.69, 9.17) is 9.47 Å². The van der Waals surface area contributed by atoms with Gasteiger partial charge in [-0.3, -0.25) is 0 Å². The van der Waals surface area contributed by atoms with Crippen LogP contribution in [-0.4, -0.2) is 50.0 Å². The lowest BCUT2D eigenvalue weighted by Crippen LogP contribution is -2.32. The highest BCUT2D eigenvalue weighted by Gasteiger charge is 2.22. The lowest BCUT2D eigenvalue weighted by Gasteiger charge is -2.30. The molecule has 0 saturated heterocycles. The van der Waals surface area contributed by atoms with E-state index in [2.05, 4.69) is 53.5 Å². The summed E-state index contributed by atoms with van der Waals surface area (Å²) in [5.41, 5.74) is -0.167. The Morgan fingerprint density at radius 2 is 0.812 bits per heavy atom. The molecule has 290 valence electrons. The minimum atomic E-state index is -0.105. The molecule has 1 atom stereocenters. The molecule has 0 bridgehead atoms. The van der Waals surface area contributed by atoms with Crippen molar-refractivity contribution in [2.45, 2.75) is 252 Å². The standard InChI is InChI=1S/C45H93NO2/c1-9-11-13-15-17-19-21-23-24-26-28-30-32-34-37-43(36-33-31-29-27-25-22-20-18-16-14-12-10-2)42-46(7)40-35-38-45(5,6)48-41-39-44(3,4)47-8/h43H,9-42H2,1-8H3. The quantitative estimate of drug-likeness (QED) is 0.0604. The predicted molar refractivity (Wildman–Crippen MR) is 217 cm³/mol. The first-order valence-electron chi connectivity index (χ1n) is 22.0. The van der Waals surface area contributed by atoms with Gasteiger partial charge in [-0.15, -0.1) is 0 Å². The van der Waals surface area contributed by atoms with Crippen molar-refractivity contribution in [3.05, 3.63) is 0 Å². The number of rotatable bonds is 39. The van der Waals surface area contributed by atoms with Crippen molar-refractivity contribution in [1.29, 1.82) is 0 Å². The molecular formula is C45H93NO2. The number of unbranched alkanes of at least 4 members (excludes halogenated alkanes) is 24. The second kappa shape index (κ2) is 34.0. The van der Waals surface area contributed by atoms with Crippen LogP contribution in [0.25, 0.3) is 0 Å². The van der Waals surface area contributed by atoms with Crippen molar-refractivity contribution < 1.29 is 9.47 Å². The molecule has 0 fully saturated rings. The van der Waals surface area contributed by atoms with E-state index in [0.717, 1.165) is 25.4 Å². The van der Waals surface area contributed by atoms with Crippen LogP contribution < -0.4 is 0 Å². The Balaban J connectivity index is 4.30. The van der Waals surface area contributed by atoms with Crippen molar-refractivity contribution in [3.63, 3.8) is 0 Å². The third-order valence-corrected chi connectivity index (χ3v) is 11.1. The first-order chi connectivity index (χ1) is 23.2. The van der Waals surface area contributed by atoms with Gasteiger partial charge in [0, 0.05) is 13.7 Å². The first kappa shape index (κ1) is 47.9. The Morgan fingerprint density at radius 1 is 0.458 bits per heavy atom. The molecule has 0 N–H and O–H groups in total. The summed E-state index contributed by atoms with van der Waals surface area (Å²) in [6.07, 6.45) is 43.8. The predicted octanol–water partition coefficient (Wildman–Crippen LogP) is 14.9. The molecule has 0 aromatic heterocycles. The van der Waals surface area contributed by atoms with Gasteiger partial charge in [0.25, 0.3) is 0 Å². The highest BCUT2D eigenvalue weighted by Crippen LogP contribution is 2.23. The fraction of sp³-hybridized carbons (Fsp3) is 1.00. The third kappa shape index (κ3) is 34.3. The van der Waals surface area contributed by atoms with E-state index in [1.807, 2.05) is 0 Å². The summed E-state index contributed by atoms with van der Waals surface area (Å²) < 4.78 is 11.9. The summed E-state index contributed by atoms with van der Waals surface area (Å²) in [5, 5.41) is 0. The fourth-order valence-electron chi connectivity index (χ4n) is 7.28. The van der Waals surface area contributed by atoms with Gasteiger partial charge in [0.05, 0.1) is 17.8 Å². The number of hydrogen-bond acceptors (Lipinski definition) is 3. The molecule has 0 heterocycles. The molecule has 48 heavy (non-hydrogen) atoms. The van der Waals surface area contributed by atoms with Crippen LogP contribution in [0.4, 0.5) is 0 Å². The van der Waals surface area contributed by atoms with E-state index >= 15 is 0 Å². The number of methoxy groups -OCH3 is 1. The number of hydrogen-bond donors (Lipinski definition) is 0. The van der Waals surface area contributed by atoms with Gasteiger partial charge >= 0.3 is 0 Å². The van der Waals surface area contributed by atoms with Crippen LogP contribution in [0.2, 0.25) is 0 Å². The smallest absolute Gasteiger partial charge is 0.0644 e. The molecule has 0 aliphatic carbocycles. The SMILES string of the molecule is CCCCCCCCCCCCCCCCC(CCCCCCCCCCCCCC)CN(C)CCCC(C)(C)OCCC(C)(C)OC. The van der Waals surface area contributed by atoms with E-state index in [1.165, 1.54) is 199 Å². The Hall–Kier alpha value is -0.120. The van der Waals surface area contributed by atoms with Gasteiger partial charge < -0.3 is 14.4 Å². The average molecular weight is 680 g/mol. The Bertz CT molecular complexity index is 632. The maximum Gasteiger partial charge on any atom is 0.0644 e. The molecule has 0 aliphatic heterocycles. The summed E-state index contributed by atoms with van der Waals surface area (Å²) in [7, 11) is 4.17. The zero-order chi connectivity index (χ0) is 35.6. The molecule has 0 rings (SSSR count). The van der Waals surface area contributed by atoms with E-state index in [9.17, 15) is 0 Å². The van der Waals surface area contributed by atoms with E-state index < -0.39 is 0 Å². The highest BCUT2D eigenvalue weighted by atomic mass is 16.5. The van der Waals surface area contributed by atoms with E-state index in [0.29, 0.717) is 0 Å². The van der Waals surface area contributed by atoms with Crippen LogP contribution in [-0.2, 0) is 9.47 Å². The lowest BCUT2D eigenvalue weighted by molar-refractivity contribution is -0.0623. The first-order valence-corrected chi connectivity index (χ1v) is 22.0. The second-order valence-corrected chi connectivity index (χ2v) is 17.1. The largest absolute Gasteiger partial charge is 0.379 e. The second-order valence-electron chi connectivity index (χ2n) is 17.1. The van der Waals surface area contributed by atoms with Gasteiger partial charge in [-0.1, -0.05) is 181 Å². The van der Waals surface area contributed by atoms with Gasteiger partial charge in [0.15, 0.2) is 0 Å². The van der Waals surface area contributed by atoms with Gasteiger partial charge in [0.1, 0.15) is 0 Å². The van der Waals surface area contributed by atoms with Crippen LogP contribution >= 0.6 is 0 Å². The van der Waals surface area contributed by atoms with Crippen LogP contribution in [0.3, 0.4) is 0 Å². The van der Waals surface area contributed by atoms with Crippen LogP contribution in [0.15, 0.2) is 0 Å². The molecule has 0 aromatic carbocycles. The number of nitrogens with zero attached hydrogens (tertiary/aromatic N) is 1. The van der Waals surface area contributed by atoms with Gasteiger partial charge in [-0.25, -0.2) is 0 Å². The Morgan fingerprint density at radius 3 is 1.17 bits per heavy atom. The topological polar surface area (TPSA) is 21.7 Å². The van der Waals surface area contributed by atoms with Crippen LogP contribution in [0.1, 0.15) is 241 Å². The molecule has 0 aromatic rings. The van der Waals surface area contributed by atoms with Crippen molar-refractivity contribution in [3.8, 4) is 0 Å². The molecule has 3 nitrogen and oxygen atoms in total. The summed E-state index contributed by atoms with van der Waals surface area (Å²) >= 11 is 0. The van der Waals surface area contributed by atoms with Crippen molar-refractivity contribution in [2.75, 3.05) is 33.9 Å². The molecule has 0 spiro atoms. The lowest BCUT2D eigenvalue weighted by atomic mass is 9.93. The summed E-state index contributed by atoms with van der Waals surface area (Å²) in [6, 6.07) is 0. The maximum atomic E-state index is 6.29. The zero-order valence-corrected chi connectivity index (χ0v) is 34.9. The monoisotopic (exact) mass is 680 g/mol. The van der Waals surface area contributed by atoms with Gasteiger partial charge in [0.2, 0.25) is 0 Å². The minimum absolute atomic E-state index is 0.0621.